The van der Waals surface area contributed by atoms with Crippen LogP contribution in [0.5, 0.6) is 5.88 Å². The van der Waals surface area contributed by atoms with Gasteiger partial charge in [0.1, 0.15) is 10.7 Å². The van der Waals surface area contributed by atoms with Crippen LogP contribution in [0.3, 0.4) is 0 Å². The number of nitrogens with zero attached hydrogens (tertiary/aromatic N) is 6. The molecule has 11 nitrogen and oxygen atoms in total. The van der Waals surface area contributed by atoms with Gasteiger partial charge in [0.25, 0.3) is 15.9 Å². The molecule has 3 aromatic rings. The SMILES string of the molecule is CC1(C)CC2CCCn3cc(cn3)S(=O)(=O)NC(=O)c3ccc(-n4ccc(OCCC5(C(F)(F)F)CC5)n4)nc3N1C2. The lowest BCUT2D eigenvalue weighted by atomic mass is 9.93. The van der Waals surface area contributed by atoms with Crippen molar-refractivity contribution in [1.82, 2.24) is 29.3 Å². The summed E-state index contributed by atoms with van der Waals surface area (Å²) in [4.78, 5) is 20.1. The summed E-state index contributed by atoms with van der Waals surface area (Å²) >= 11 is 0. The average Bonchev–Trinajstić information content (AvgIpc) is 3.22. The van der Waals surface area contributed by atoms with Crippen LogP contribution in [0.25, 0.3) is 5.82 Å². The van der Waals surface area contributed by atoms with Gasteiger partial charge in [0, 0.05) is 37.1 Å². The van der Waals surface area contributed by atoms with Crippen molar-refractivity contribution < 1.29 is 31.1 Å². The summed E-state index contributed by atoms with van der Waals surface area (Å²) in [5, 5.41) is 8.48. The maximum Gasteiger partial charge on any atom is 0.394 e. The Morgan fingerprint density at radius 1 is 1.19 bits per heavy atom. The van der Waals surface area contributed by atoms with Crippen LogP contribution in [0.2, 0.25) is 0 Å². The van der Waals surface area contributed by atoms with Gasteiger partial charge >= 0.3 is 6.18 Å². The zero-order chi connectivity index (χ0) is 29.9. The van der Waals surface area contributed by atoms with Gasteiger partial charge in [0.05, 0.1) is 23.8 Å². The first-order chi connectivity index (χ1) is 19.8. The van der Waals surface area contributed by atoms with E-state index in [-0.39, 0.29) is 47.7 Å². The normalized spacial score (nSPS) is 22.6. The van der Waals surface area contributed by atoms with Crippen LogP contribution in [0.1, 0.15) is 62.7 Å². The third-order valence-corrected chi connectivity index (χ3v) is 9.84. The van der Waals surface area contributed by atoms with E-state index in [1.165, 1.54) is 35.3 Å². The van der Waals surface area contributed by atoms with Crippen molar-refractivity contribution in [2.45, 2.75) is 75.5 Å². The molecular weight excluding hydrogens is 575 g/mol. The van der Waals surface area contributed by atoms with Crippen molar-refractivity contribution in [1.29, 1.82) is 0 Å². The molecule has 1 saturated heterocycles. The first-order valence-corrected chi connectivity index (χ1v) is 15.4. The van der Waals surface area contributed by atoms with E-state index < -0.39 is 27.5 Å². The molecule has 2 fully saturated rings. The molecule has 1 unspecified atom stereocenters. The van der Waals surface area contributed by atoms with Gasteiger partial charge in [-0.3, -0.25) is 9.48 Å². The molecule has 1 N–H and O–H groups in total. The average molecular weight is 608 g/mol. The number of carbonyl (C=O) groups is 1. The minimum atomic E-state index is -4.25. The maximum atomic E-state index is 13.4. The monoisotopic (exact) mass is 607 g/mol. The molecule has 15 heteroatoms. The topological polar surface area (TPSA) is 124 Å². The zero-order valence-electron chi connectivity index (χ0n) is 23.3. The first kappa shape index (κ1) is 28.5. The van der Waals surface area contributed by atoms with E-state index in [0.717, 1.165) is 19.3 Å². The molecule has 3 aliphatic rings. The van der Waals surface area contributed by atoms with E-state index >= 15 is 0 Å². The van der Waals surface area contributed by atoms with Gasteiger partial charge in [-0.25, -0.2) is 22.8 Å². The fourth-order valence-corrected chi connectivity index (χ4v) is 6.89. The zero-order valence-corrected chi connectivity index (χ0v) is 24.1. The summed E-state index contributed by atoms with van der Waals surface area (Å²) in [7, 11) is -4.18. The number of nitrogens with one attached hydrogen (secondary N) is 1. The lowest BCUT2D eigenvalue weighted by Gasteiger charge is -2.34. The fourth-order valence-electron chi connectivity index (χ4n) is 5.97. The Labute approximate surface area is 241 Å². The van der Waals surface area contributed by atoms with Crippen molar-refractivity contribution in [2.75, 3.05) is 18.1 Å². The van der Waals surface area contributed by atoms with E-state index in [9.17, 15) is 26.4 Å². The molecule has 0 aromatic carbocycles. The number of sulfonamides is 1. The van der Waals surface area contributed by atoms with Crippen LogP contribution < -0.4 is 14.4 Å². The second-order valence-electron chi connectivity index (χ2n) is 12.0. The molecule has 0 radical (unpaired) electrons. The van der Waals surface area contributed by atoms with Crippen molar-refractivity contribution in [2.24, 2.45) is 11.3 Å². The van der Waals surface area contributed by atoms with Gasteiger partial charge < -0.3 is 9.64 Å². The lowest BCUT2D eigenvalue weighted by Crippen LogP contribution is -2.41. The Kier molecular flexibility index (Phi) is 6.78. The van der Waals surface area contributed by atoms with Gasteiger partial charge in [-0.1, -0.05) is 0 Å². The molecule has 5 heterocycles. The van der Waals surface area contributed by atoms with E-state index in [4.69, 9.17) is 9.72 Å². The number of ether oxygens (including phenoxy) is 1. The maximum absolute atomic E-state index is 13.4. The van der Waals surface area contributed by atoms with Crippen LogP contribution in [-0.4, -0.2) is 63.7 Å². The second-order valence-corrected chi connectivity index (χ2v) is 13.7. The summed E-state index contributed by atoms with van der Waals surface area (Å²) in [5.74, 6) is 0.311. The third kappa shape index (κ3) is 5.34. The molecule has 4 bridgehead atoms. The highest BCUT2D eigenvalue weighted by molar-refractivity contribution is 7.90. The Morgan fingerprint density at radius 2 is 1.98 bits per heavy atom. The predicted octanol–water partition coefficient (Wildman–Crippen LogP) is 4.09. The van der Waals surface area contributed by atoms with Gasteiger partial charge in [0.15, 0.2) is 5.82 Å². The molecule has 1 atom stereocenters. The highest BCUT2D eigenvalue weighted by atomic mass is 32.2. The molecule has 226 valence electrons. The number of aromatic nitrogens is 5. The number of rotatable bonds is 5. The smallest absolute Gasteiger partial charge is 0.394 e. The highest BCUT2D eigenvalue weighted by Gasteiger charge is 2.62. The van der Waals surface area contributed by atoms with Crippen molar-refractivity contribution in [3.63, 3.8) is 0 Å². The number of hydrogen-bond donors (Lipinski definition) is 1. The first-order valence-electron chi connectivity index (χ1n) is 13.9. The quantitative estimate of drug-likeness (QED) is 0.460. The second kappa shape index (κ2) is 9.99. The van der Waals surface area contributed by atoms with Crippen LogP contribution in [-0.2, 0) is 16.6 Å². The fraction of sp³-hybridized carbons (Fsp3) is 0.556. The number of halogens is 3. The van der Waals surface area contributed by atoms with E-state index in [2.05, 4.69) is 28.8 Å². The molecule has 0 spiro atoms. The largest absolute Gasteiger partial charge is 0.477 e. The summed E-state index contributed by atoms with van der Waals surface area (Å²) in [6.45, 7) is 5.18. The standard InChI is InChI=1S/C27H32F3N7O4S/c1-25(2)14-18-4-3-11-35-17-19(15-31-35)42(39,40)34-24(38)20-5-6-21(32-23(20)36(25)16-18)37-12-7-22(33-37)41-13-10-26(8-9-26)27(28,29)30/h5-7,12,15,17-18H,3-4,8-11,13-14,16H2,1-2H3,(H,34,38). The van der Waals surface area contributed by atoms with E-state index in [1.807, 2.05) is 4.90 Å². The molecule has 1 aliphatic carbocycles. The minimum absolute atomic E-state index is 0.0889. The molecule has 1 amide bonds. The van der Waals surface area contributed by atoms with Crippen LogP contribution >= 0.6 is 0 Å². The summed E-state index contributed by atoms with van der Waals surface area (Å²) in [5.41, 5.74) is -1.95. The summed E-state index contributed by atoms with van der Waals surface area (Å²) in [6, 6.07) is 4.58. The Balaban J connectivity index is 1.29. The van der Waals surface area contributed by atoms with Gasteiger partial charge in [-0.05, 0) is 70.4 Å². The van der Waals surface area contributed by atoms with Crippen LogP contribution in [0.15, 0.2) is 41.7 Å². The summed E-state index contributed by atoms with van der Waals surface area (Å²) < 4.78 is 76.4. The predicted molar refractivity (Wildman–Crippen MR) is 145 cm³/mol. The van der Waals surface area contributed by atoms with Gasteiger partial charge in [0.2, 0.25) is 5.88 Å². The van der Waals surface area contributed by atoms with E-state index in [0.29, 0.717) is 30.6 Å². The third-order valence-electron chi connectivity index (χ3n) is 8.55. The molecule has 3 aromatic heterocycles. The van der Waals surface area contributed by atoms with Crippen molar-refractivity contribution in [3.8, 4) is 11.7 Å². The molecule has 6 rings (SSSR count). The highest BCUT2D eigenvalue weighted by Crippen LogP contribution is 2.59. The Bertz CT molecular complexity index is 1610. The van der Waals surface area contributed by atoms with Crippen molar-refractivity contribution in [3.05, 3.63) is 42.4 Å². The molecule has 2 aliphatic heterocycles. The number of amides is 1. The van der Waals surface area contributed by atoms with Gasteiger partial charge in [-0.15, -0.1) is 5.10 Å². The summed E-state index contributed by atoms with van der Waals surface area (Å²) in [6.07, 6.45) is 2.60. The number of aryl methyl sites for hydroxylation is 1. The van der Waals surface area contributed by atoms with E-state index in [1.54, 1.807) is 10.9 Å². The van der Waals surface area contributed by atoms with Crippen LogP contribution in [0.4, 0.5) is 19.0 Å². The molecule has 1 saturated carbocycles. The van der Waals surface area contributed by atoms with Crippen LogP contribution in [0, 0.1) is 11.3 Å². The minimum Gasteiger partial charge on any atom is -0.477 e. The molecular formula is C27H32F3N7O4S. The Morgan fingerprint density at radius 3 is 2.71 bits per heavy atom. The number of hydrogen-bond acceptors (Lipinski definition) is 8. The number of anilines is 1. The number of fused-ring (bicyclic) bond motifs is 6. The van der Waals surface area contributed by atoms with Gasteiger partial charge in [-0.2, -0.15) is 18.3 Å². The lowest BCUT2D eigenvalue weighted by molar-refractivity contribution is -0.190. The Hall–Kier alpha value is -3.62. The number of carbonyl (C=O) groups excluding carboxylic acids is 1. The van der Waals surface area contributed by atoms with Crippen molar-refractivity contribution >= 4 is 21.7 Å². The number of pyridine rings is 1. The molecule has 42 heavy (non-hydrogen) atoms. The number of alkyl halides is 3.